The summed E-state index contributed by atoms with van der Waals surface area (Å²) in [4.78, 5) is 51.3. The second kappa shape index (κ2) is 30.4. The lowest BCUT2D eigenvalue weighted by Crippen LogP contribution is -2.43. The molecule has 2 aliphatic heterocycles. The zero-order chi connectivity index (χ0) is 69.3. The number of aryl methyl sites for hydroxylation is 7. The molecule has 0 radical (unpaired) electrons. The fraction of sp³-hybridized carbons (Fsp3) is 0.301. The number of alkyl carbamates (subject to hydrolysis) is 1. The van der Waals surface area contributed by atoms with E-state index in [-0.39, 0.29) is 36.4 Å². The molecule has 2 N–H and O–H groups in total. The SMILES string of the molecule is C=CCC(=O)N1Cc2c(c3cc(OC)c(C)cc3c3cc(C)ccc23)C[C@H]1C=C.C=CCC(=O)O.C=C[C@@H]1Cc2c(c3ccc(C)cc3c3cc(C)c(OC)cc23)CN1C(=O)/C=C/C.C=C[C@H](Cc1c(C)c2ccc(C)cc2c2cc(C)c(OC)cc12)NC(=O)OC(C)(C)C. The van der Waals surface area contributed by atoms with E-state index in [0.717, 1.165) is 52.2 Å². The van der Waals surface area contributed by atoms with E-state index >= 15 is 0 Å². The predicted molar refractivity (Wildman–Crippen MR) is 393 cm³/mol. The smallest absolute Gasteiger partial charge is 0.408 e. The highest BCUT2D eigenvalue weighted by molar-refractivity contribution is 6.14. The summed E-state index contributed by atoms with van der Waals surface area (Å²) >= 11 is 0. The minimum Gasteiger partial charge on any atom is -0.496 e. The maximum absolute atomic E-state index is 12.8. The number of amides is 3. The normalized spacial score (nSPS) is 14.5. The van der Waals surface area contributed by atoms with E-state index in [1.807, 2.05) is 49.6 Å². The van der Waals surface area contributed by atoms with Gasteiger partial charge in [0.15, 0.2) is 0 Å². The van der Waals surface area contributed by atoms with E-state index in [1.54, 1.807) is 45.6 Å². The number of allylic oxidation sites excluding steroid dienone is 1. The largest absolute Gasteiger partial charge is 0.496 e. The van der Waals surface area contributed by atoms with Crippen LogP contribution in [-0.2, 0) is 51.5 Å². The molecule has 0 aliphatic carbocycles. The molecule has 95 heavy (non-hydrogen) atoms. The van der Waals surface area contributed by atoms with Gasteiger partial charge in [0.2, 0.25) is 11.8 Å². The second-order valence-electron chi connectivity index (χ2n) is 25.8. The Morgan fingerprint density at radius 1 is 0.547 bits per heavy atom. The highest BCUT2D eigenvalue weighted by Gasteiger charge is 2.33. The summed E-state index contributed by atoms with van der Waals surface area (Å²) in [6.07, 6.45) is 14.1. The Hall–Kier alpha value is -9.94. The van der Waals surface area contributed by atoms with Gasteiger partial charge in [0.05, 0.1) is 45.9 Å². The monoisotopic (exact) mass is 1280 g/mol. The van der Waals surface area contributed by atoms with Gasteiger partial charge in [-0.1, -0.05) is 108 Å². The molecule has 0 bridgehead atoms. The highest BCUT2D eigenvalue weighted by Crippen LogP contribution is 2.44. The third-order valence-corrected chi connectivity index (χ3v) is 18.0. The summed E-state index contributed by atoms with van der Waals surface area (Å²) in [5.74, 6) is 1.95. The third kappa shape index (κ3) is 15.5. The van der Waals surface area contributed by atoms with Gasteiger partial charge in [0.25, 0.3) is 0 Å². The van der Waals surface area contributed by atoms with Crippen LogP contribution in [0.15, 0.2) is 166 Å². The van der Waals surface area contributed by atoms with Crippen molar-refractivity contribution in [2.45, 2.75) is 145 Å². The van der Waals surface area contributed by atoms with Crippen molar-refractivity contribution in [2.75, 3.05) is 21.3 Å². The molecule has 0 saturated carbocycles. The predicted octanol–water partition coefficient (Wildman–Crippen LogP) is 18.5. The topological polar surface area (TPSA) is 144 Å². The highest BCUT2D eigenvalue weighted by atomic mass is 16.6. The van der Waals surface area contributed by atoms with Gasteiger partial charge in [-0.05, 0) is 253 Å². The number of carboxylic acids is 1. The molecular formula is C83H93N3O9. The zero-order valence-electron chi connectivity index (χ0n) is 58.0. The van der Waals surface area contributed by atoms with Crippen molar-refractivity contribution in [3.63, 3.8) is 0 Å². The van der Waals surface area contributed by atoms with Crippen LogP contribution in [0.3, 0.4) is 0 Å². The molecule has 494 valence electrons. The number of fused-ring (bicyclic) bond motifs is 15. The number of rotatable bonds is 14. The number of carbonyl (C=O) groups excluding carboxylic acids is 3. The van der Waals surface area contributed by atoms with Crippen LogP contribution in [0.2, 0.25) is 0 Å². The molecule has 9 aromatic carbocycles. The first kappa shape index (κ1) is 70.9. The summed E-state index contributed by atoms with van der Waals surface area (Å²) in [6.45, 7) is 42.3. The molecule has 12 heteroatoms. The standard InChI is InChI=1S/C27H33NO3.2C26H27NO2.C4H6O2/c1-9-19(28-26(29)31-27(5,6)7)14-21-18(4)20-11-10-16(2)12-22(20)23-13-17(3)25(30-8)15-24(21)23;2*1-6-8-26(28)27-15-24-19-10-9-16(3)11-20(19)21-12-17(4)25(29-5)14-23(21)22(24)13-18(27)7-2;1-2-3-4(5)6/h9-13,15,19H,1,14H2,2-8H3,(H,28,29);6-12,14,18H,2,13,15H2,1,3-5H3;6-7,9-12,14,18H,1-2,8,13,15H2,3-5H3;2H,1,3H2,(H,5,6)/b;8-6+;;/t19-;2*18-;/m111./s1. The third-order valence-electron chi connectivity index (χ3n) is 18.0. The van der Waals surface area contributed by atoms with Gasteiger partial charge in [-0.3, -0.25) is 14.4 Å². The molecule has 2 heterocycles. The molecule has 12 nitrogen and oxygen atoms in total. The van der Waals surface area contributed by atoms with Gasteiger partial charge >= 0.3 is 12.1 Å². The van der Waals surface area contributed by atoms with Gasteiger partial charge in [0, 0.05) is 19.5 Å². The van der Waals surface area contributed by atoms with Crippen LogP contribution in [0.5, 0.6) is 17.2 Å². The van der Waals surface area contributed by atoms with Crippen LogP contribution >= 0.6 is 0 Å². The lowest BCUT2D eigenvalue weighted by molar-refractivity contribution is -0.136. The lowest BCUT2D eigenvalue weighted by atomic mass is 9.84. The van der Waals surface area contributed by atoms with Crippen LogP contribution in [0, 0.1) is 48.5 Å². The minimum atomic E-state index is -0.829. The van der Waals surface area contributed by atoms with E-state index in [1.165, 1.54) is 115 Å². The number of nitrogens with one attached hydrogen (secondary N) is 1. The van der Waals surface area contributed by atoms with Gasteiger partial charge < -0.3 is 39.2 Å². The van der Waals surface area contributed by atoms with Crippen molar-refractivity contribution >= 4 is 88.5 Å². The number of nitrogens with zero attached hydrogens (tertiary/aromatic N) is 2. The first-order valence-electron chi connectivity index (χ1n) is 32.4. The number of carbonyl (C=O) groups is 4. The number of carboxylic acid groups (broad SMARTS) is 1. The molecule has 0 spiro atoms. The molecule has 2 aliphatic rings. The van der Waals surface area contributed by atoms with Crippen LogP contribution in [0.4, 0.5) is 4.79 Å². The lowest BCUT2D eigenvalue weighted by Gasteiger charge is -2.37. The number of benzene rings is 9. The average Bonchev–Trinajstić information content (AvgIpc) is 0.742. The fourth-order valence-corrected chi connectivity index (χ4v) is 13.4. The summed E-state index contributed by atoms with van der Waals surface area (Å²) in [5.41, 5.74) is 13.9. The summed E-state index contributed by atoms with van der Waals surface area (Å²) < 4.78 is 22.3. The van der Waals surface area contributed by atoms with E-state index in [2.05, 4.69) is 178 Å². The zero-order valence-corrected chi connectivity index (χ0v) is 58.0. The Morgan fingerprint density at radius 3 is 1.36 bits per heavy atom. The van der Waals surface area contributed by atoms with Crippen molar-refractivity contribution < 1.29 is 43.2 Å². The van der Waals surface area contributed by atoms with Crippen LogP contribution in [0.1, 0.15) is 107 Å². The van der Waals surface area contributed by atoms with Gasteiger partial charge in [-0.2, -0.15) is 0 Å². The van der Waals surface area contributed by atoms with Gasteiger partial charge in [0.1, 0.15) is 22.8 Å². The molecule has 0 saturated heterocycles. The first-order chi connectivity index (χ1) is 45.3. The van der Waals surface area contributed by atoms with Crippen molar-refractivity contribution in [3.05, 3.63) is 233 Å². The quantitative estimate of drug-likeness (QED) is 0.0618. The van der Waals surface area contributed by atoms with E-state index in [4.69, 9.17) is 24.1 Å². The Kier molecular flexibility index (Phi) is 22.7. The van der Waals surface area contributed by atoms with Crippen molar-refractivity contribution in [1.29, 1.82) is 0 Å². The molecular weight excluding hydrogens is 1180 g/mol. The maximum atomic E-state index is 12.8. The summed E-state index contributed by atoms with van der Waals surface area (Å²) in [6, 6.07) is 32.6. The molecule has 3 atom stereocenters. The van der Waals surface area contributed by atoms with Crippen molar-refractivity contribution in [1.82, 2.24) is 15.1 Å². The van der Waals surface area contributed by atoms with Crippen molar-refractivity contribution in [3.8, 4) is 17.2 Å². The Bertz CT molecular complexity index is 4560. The molecule has 11 rings (SSSR count). The molecule has 0 fully saturated rings. The average molecular weight is 1280 g/mol. The molecule has 0 aromatic heterocycles. The van der Waals surface area contributed by atoms with E-state index in [0.29, 0.717) is 25.9 Å². The van der Waals surface area contributed by atoms with Gasteiger partial charge in [-0.15, -0.1) is 32.9 Å². The first-order valence-corrected chi connectivity index (χ1v) is 32.4. The van der Waals surface area contributed by atoms with Crippen LogP contribution in [-0.4, -0.2) is 83.8 Å². The van der Waals surface area contributed by atoms with Crippen molar-refractivity contribution in [2.24, 2.45) is 0 Å². The molecule has 0 unspecified atom stereocenters. The Balaban J connectivity index is 0.000000175. The Morgan fingerprint density at radius 2 is 0.958 bits per heavy atom. The summed E-state index contributed by atoms with van der Waals surface area (Å²) in [5, 5.41) is 25.4. The van der Waals surface area contributed by atoms with E-state index in [9.17, 15) is 19.2 Å². The Labute approximate surface area is 560 Å². The second-order valence-corrected chi connectivity index (χ2v) is 25.8. The molecule has 9 aromatic rings. The number of hydrogen-bond acceptors (Lipinski definition) is 8. The molecule has 3 amide bonds. The van der Waals surface area contributed by atoms with Crippen LogP contribution < -0.4 is 19.5 Å². The number of hydrogen-bond donors (Lipinski definition) is 2. The van der Waals surface area contributed by atoms with Gasteiger partial charge in [-0.25, -0.2) is 4.79 Å². The van der Waals surface area contributed by atoms with Crippen LogP contribution in [0.25, 0.3) is 64.6 Å². The summed E-state index contributed by atoms with van der Waals surface area (Å²) in [7, 11) is 5.13. The fourth-order valence-electron chi connectivity index (χ4n) is 13.4. The van der Waals surface area contributed by atoms with E-state index < -0.39 is 17.7 Å². The maximum Gasteiger partial charge on any atom is 0.408 e. The minimum absolute atomic E-state index is 0.0200. The number of methoxy groups -OCH3 is 3. The number of aliphatic carboxylic acids is 1. The number of ether oxygens (including phenoxy) is 4.